The molecule has 1 atom stereocenters. The van der Waals surface area contributed by atoms with Crippen molar-refractivity contribution in [3.63, 3.8) is 0 Å². The van der Waals surface area contributed by atoms with Crippen molar-refractivity contribution >= 4 is 17.9 Å². The van der Waals surface area contributed by atoms with Crippen LogP contribution in [0.3, 0.4) is 0 Å². The van der Waals surface area contributed by atoms with E-state index in [0.717, 1.165) is 58.3 Å². The number of hydrogen-bond acceptors (Lipinski definition) is 11. The standard InChI is InChI=1S/C34H69N5O6/c1-31(2,3)43-28(40)27(34(36,29(41)44-32(4,5)6)30(42)45-33(7,8)9)39-25-20-16-12-15-18-23-37-22-17-13-10-11-14-19-24-38-26-21-35/h27,37-39H,10-26,35-36H2,1-9H3. The summed E-state index contributed by atoms with van der Waals surface area (Å²) in [4.78, 5) is 40.2. The highest BCUT2D eigenvalue weighted by Gasteiger charge is 2.57. The van der Waals surface area contributed by atoms with Crippen molar-refractivity contribution in [2.45, 2.75) is 161 Å². The van der Waals surface area contributed by atoms with E-state index >= 15 is 0 Å². The first-order valence-corrected chi connectivity index (χ1v) is 17.2. The van der Waals surface area contributed by atoms with Gasteiger partial charge in [0.2, 0.25) is 5.54 Å². The first-order valence-electron chi connectivity index (χ1n) is 17.2. The first-order chi connectivity index (χ1) is 20.8. The third-order valence-corrected chi connectivity index (χ3v) is 6.73. The van der Waals surface area contributed by atoms with Crippen LogP contribution in [-0.2, 0) is 28.6 Å². The van der Waals surface area contributed by atoms with Gasteiger partial charge in [0.1, 0.15) is 22.8 Å². The molecule has 0 radical (unpaired) electrons. The lowest BCUT2D eigenvalue weighted by Gasteiger charge is -2.37. The summed E-state index contributed by atoms with van der Waals surface area (Å²) < 4.78 is 16.6. The van der Waals surface area contributed by atoms with Gasteiger partial charge in [-0.25, -0.2) is 9.59 Å². The molecule has 7 N–H and O–H groups in total. The average molecular weight is 644 g/mol. The Morgan fingerprint density at radius 1 is 0.533 bits per heavy atom. The predicted octanol–water partition coefficient (Wildman–Crippen LogP) is 4.10. The Morgan fingerprint density at radius 3 is 1.22 bits per heavy atom. The number of hydrogen-bond donors (Lipinski definition) is 5. The van der Waals surface area contributed by atoms with Crippen LogP contribution in [0.5, 0.6) is 0 Å². The molecule has 0 rings (SSSR count). The van der Waals surface area contributed by atoms with Gasteiger partial charge in [-0.1, -0.05) is 44.9 Å². The third kappa shape index (κ3) is 21.6. The molecule has 0 saturated carbocycles. The van der Waals surface area contributed by atoms with E-state index in [1.54, 1.807) is 62.3 Å². The highest BCUT2D eigenvalue weighted by Crippen LogP contribution is 2.23. The van der Waals surface area contributed by atoms with E-state index in [9.17, 15) is 14.4 Å². The Hall–Kier alpha value is -1.79. The summed E-state index contributed by atoms with van der Waals surface area (Å²) in [6.45, 7) is 20.2. The summed E-state index contributed by atoms with van der Waals surface area (Å²) >= 11 is 0. The second-order valence-electron chi connectivity index (χ2n) is 15.0. The van der Waals surface area contributed by atoms with Crippen LogP contribution in [0, 0.1) is 0 Å². The molecule has 0 saturated heterocycles. The molecule has 1 unspecified atom stereocenters. The van der Waals surface area contributed by atoms with E-state index in [0.29, 0.717) is 13.1 Å². The van der Waals surface area contributed by atoms with Crippen molar-refractivity contribution in [3.05, 3.63) is 0 Å². The summed E-state index contributed by atoms with van der Waals surface area (Å²) in [7, 11) is 0. The number of carbonyl (C=O) groups excluding carboxylic acids is 3. The summed E-state index contributed by atoms with van der Waals surface area (Å²) in [5, 5.41) is 9.93. The van der Waals surface area contributed by atoms with E-state index in [2.05, 4.69) is 16.0 Å². The van der Waals surface area contributed by atoms with Gasteiger partial charge in [-0.15, -0.1) is 0 Å². The summed E-state index contributed by atoms with van der Waals surface area (Å²) in [6.07, 6.45) is 12.5. The molecule has 45 heavy (non-hydrogen) atoms. The Bertz CT molecular complexity index is 804. The van der Waals surface area contributed by atoms with Crippen molar-refractivity contribution in [2.75, 3.05) is 39.3 Å². The Morgan fingerprint density at radius 2 is 0.867 bits per heavy atom. The minimum absolute atomic E-state index is 0.358. The lowest BCUT2D eigenvalue weighted by molar-refractivity contribution is -0.184. The van der Waals surface area contributed by atoms with Gasteiger partial charge in [0.05, 0.1) is 0 Å². The summed E-state index contributed by atoms with van der Waals surface area (Å²) in [5.41, 5.74) is 6.79. The number of ether oxygens (including phenoxy) is 3. The molecule has 0 aromatic carbocycles. The minimum Gasteiger partial charge on any atom is -0.459 e. The SMILES string of the molecule is CC(C)(C)OC(=O)C(NCCCCCCCNCCCCCCCCNCCN)C(N)(C(=O)OC(C)(C)C)C(=O)OC(C)(C)C. The molecule has 0 aromatic heterocycles. The van der Waals surface area contributed by atoms with Gasteiger partial charge in [0, 0.05) is 13.1 Å². The zero-order valence-corrected chi connectivity index (χ0v) is 30.2. The quantitative estimate of drug-likeness (QED) is 0.0445. The maximum atomic E-state index is 13.4. The van der Waals surface area contributed by atoms with Crippen LogP contribution < -0.4 is 27.4 Å². The zero-order chi connectivity index (χ0) is 34.6. The number of carbonyl (C=O) groups is 3. The molecule has 0 bridgehead atoms. The number of rotatable bonds is 24. The van der Waals surface area contributed by atoms with E-state index in [4.69, 9.17) is 25.7 Å². The fraction of sp³-hybridized carbons (Fsp3) is 0.912. The highest BCUT2D eigenvalue weighted by atomic mass is 16.6. The lowest BCUT2D eigenvalue weighted by Crippen LogP contribution is -2.72. The maximum Gasteiger partial charge on any atom is 0.340 e. The molecule has 0 aliphatic heterocycles. The third-order valence-electron chi connectivity index (χ3n) is 6.73. The van der Waals surface area contributed by atoms with Crippen LogP contribution in [0.4, 0.5) is 0 Å². The first kappa shape index (κ1) is 43.2. The van der Waals surface area contributed by atoms with Crippen LogP contribution >= 0.6 is 0 Å². The summed E-state index contributed by atoms with van der Waals surface area (Å²) in [6, 6.07) is -1.50. The normalized spacial score (nSPS) is 13.4. The van der Waals surface area contributed by atoms with Crippen LogP contribution in [0.1, 0.15) is 133 Å². The molecule has 0 amide bonds. The second-order valence-corrected chi connectivity index (χ2v) is 15.0. The van der Waals surface area contributed by atoms with Gasteiger partial charge < -0.3 is 41.6 Å². The van der Waals surface area contributed by atoms with E-state index in [1.807, 2.05) is 0 Å². The van der Waals surface area contributed by atoms with Crippen molar-refractivity contribution in [1.29, 1.82) is 0 Å². The van der Waals surface area contributed by atoms with Crippen LogP contribution in [0.15, 0.2) is 0 Å². The van der Waals surface area contributed by atoms with Gasteiger partial charge in [-0.3, -0.25) is 4.79 Å². The van der Waals surface area contributed by atoms with Crippen molar-refractivity contribution in [1.82, 2.24) is 16.0 Å². The van der Waals surface area contributed by atoms with Gasteiger partial charge in [0.25, 0.3) is 0 Å². The van der Waals surface area contributed by atoms with Gasteiger partial charge in [-0.05, 0) is 114 Å². The van der Waals surface area contributed by atoms with Gasteiger partial charge in [-0.2, -0.15) is 0 Å². The number of nitrogens with one attached hydrogen (secondary N) is 3. The van der Waals surface area contributed by atoms with Crippen LogP contribution in [0.25, 0.3) is 0 Å². The lowest BCUT2D eigenvalue weighted by atomic mass is 9.89. The number of esters is 3. The predicted molar refractivity (Wildman–Crippen MR) is 182 cm³/mol. The van der Waals surface area contributed by atoms with Crippen molar-refractivity contribution in [3.8, 4) is 0 Å². The van der Waals surface area contributed by atoms with Crippen LogP contribution in [0.2, 0.25) is 0 Å². The molecule has 11 heteroatoms. The van der Waals surface area contributed by atoms with Crippen LogP contribution in [-0.4, -0.2) is 85.6 Å². The maximum absolute atomic E-state index is 13.4. The molecule has 0 fully saturated rings. The summed E-state index contributed by atoms with van der Waals surface area (Å²) in [5.74, 6) is -2.91. The molecular weight excluding hydrogens is 574 g/mol. The largest absolute Gasteiger partial charge is 0.459 e. The van der Waals surface area contributed by atoms with E-state index in [1.165, 1.54) is 38.5 Å². The molecule has 266 valence electrons. The second kappa shape index (κ2) is 21.9. The number of nitrogens with two attached hydrogens (primary N) is 2. The number of unbranched alkanes of at least 4 members (excludes halogenated alkanes) is 9. The van der Waals surface area contributed by atoms with E-state index < -0.39 is 46.3 Å². The van der Waals surface area contributed by atoms with E-state index in [-0.39, 0.29) is 0 Å². The van der Waals surface area contributed by atoms with Gasteiger partial charge >= 0.3 is 17.9 Å². The van der Waals surface area contributed by atoms with Crippen molar-refractivity contribution in [2.24, 2.45) is 11.5 Å². The monoisotopic (exact) mass is 644 g/mol. The molecule has 0 heterocycles. The Labute approximate surface area is 274 Å². The molecule has 0 aliphatic rings. The fourth-order valence-corrected chi connectivity index (χ4v) is 4.55. The highest BCUT2D eigenvalue weighted by molar-refractivity contribution is 6.10. The topological polar surface area (TPSA) is 167 Å². The molecule has 0 spiro atoms. The molecular formula is C34H69N5O6. The smallest absolute Gasteiger partial charge is 0.340 e. The van der Waals surface area contributed by atoms with Crippen molar-refractivity contribution < 1.29 is 28.6 Å². The molecule has 0 aliphatic carbocycles. The van der Waals surface area contributed by atoms with Gasteiger partial charge in [0.15, 0.2) is 0 Å². The Kier molecular flexibility index (Phi) is 21.0. The minimum atomic E-state index is -2.45. The average Bonchev–Trinajstić information content (AvgIpc) is 2.88. The zero-order valence-electron chi connectivity index (χ0n) is 30.2. The molecule has 11 nitrogen and oxygen atoms in total. The Balaban J connectivity index is 4.76. The molecule has 0 aromatic rings. The fourth-order valence-electron chi connectivity index (χ4n) is 4.55.